The average molecular weight is 425 g/mol. The van der Waals surface area contributed by atoms with Crippen LogP contribution in [-0.2, 0) is 0 Å². The predicted molar refractivity (Wildman–Crippen MR) is 105 cm³/mol. The molecule has 4 rings (SSSR count). The maximum absolute atomic E-state index is 13.2. The van der Waals surface area contributed by atoms with Crippen molar-refractivity contribution in [1.82, 2.24) is 0 Å². The molecule has 0 radical (unpaired) electrons. The van der Waals surface area contributed by atoms with E-state index in [1.54, 1.807) is 24.3 Å². The number of hydrogen-bond acceptors (Lipinski definition) is 4. The lowest BCUT2D eigenvalue weighted by molar-refractivity contribution is -0.385. The molecular weight excluding hydrogens is 412 g/mol. The summed E-state index contributed by atoms with van der Waals surface area (Å²) in [5.74, 6) is -1.00. The van der Waals surface area contributed by atoms with E-state index in [-0.39, 0.29) is 15.7 Å². The zero-order valence-corrected chi connectivity index (χ0v) is 16.0. The fraction of sp³-hybridized carbons (Fsp3) is 0.100. The summed E-state index contributed by atoms with van der Waals surface area (Å²) in [6.45, 7) is 3.75. The Labute approximate surface area is 162 Å². The van der Waals surface area contributed by atoms with Crippen LogP contribution in [0, 0.1) is 24.0 Å². The van der Waals surface area contributed by atoms with Crippen molar-refractivity contribution in [2.24, 2.45) is 0 Å². The van der Waals surface area contributed by atoms with Crippen molar-refractivity contribution in [2.45, 2.75) is 13.8 Å². The molecule has 0 bridgehead atoms. The van der Waals surface area contributed by atoms with Gasteiger partial charge in [-0.1, -0.05) is 29.8 Å². The van der Waals surface area contributed by atoms with Crippen molar-refractivity contribution in [3.63, 3.8) is 0 Å². The molecule has 0 N–H and O–H groups in total. The highest BCUT2D eigenvalue weighted by molar-refractivity contribution is 9.10. The van der Waals surface area contributed by atoms with E-state index in [2.05, 4.69) is 15.9 Å². The lowest BCUT2D eigenvalue weighted by Gasteiger charge is -2.28. The van der Waals surface area contributed by atoms with E-state index < -0.39 is 16.7 Å². The lowest BCUT2D eigenvalue weighted by atomic mass is 9.92. The molecule has 1 heterocycles. The molecule has 0 fully saturated rings. The molecule has 0 aliphatic carbocycles. The van der Waals surface area contributed by atoms with Gasteiger partial charge in [-0.2, -0.15) is 0 Å². The number of hydrogen-bond donors (Lipinski definition) is 0. The molecule has 2 amide bonds. The highest BCUT2D eigenvalue weighted by Gasteiger charge is 2.37. The number of rotatable bonds is 2. The number of imide groups is 1. The molecule has 3 aromatic rings. The van der Waals surface area contributed by atoms with Gasteiger partial charge in [-0.25, -0.2) is 4.90 Å². The van der Waals surface area contributed by atoms with Crippen LogP contribution in [0.2, 0.25) is 0 Å². The molecule has 0 atom stereocenters. The maximum atomic E-state index is 13.2. The lowest BCUT2D eigenvalue weighted by Crippen LogP contribution is -2.41. The van der Waals surface area contributed by atoms with Gasteiger partial charge in [0.25, 0.3) is 17.5 Å². The van der Waals surface area contributed by atoms with Gasteiger partial charge in [-0.3, -0.25) is 19.7 Å². The second-order valence-corrected chi connectivity index (χ2v) is 7.27. The third-order valence-electron chi connectivity index (χ3n) is 4.73. The van der Waals surface area contributed by atoms with Crippen LogP contribution in [0.4, 0.5) is 11.4 Å². The average Bonchev–Trinajstić information content (AvgIpc) is 2.62. The standard InChI is InChI=1S/C20H13BrN2O4/c1-10-6-7-15(11(2)8-10)22-19(24)13-5-3-4-12-17(13)14(20(22)25)9-16(18(12)21)23(26)27/h3-9H,1-2H3. The second-order valence-electron chi connectivity index (χ2n) is 6.48. The summed E-state index contributed by atoms with van der Waals surface area (Å²) >= 11 is 3.25. The smallest absolute Gasteiger partial charge is 0.268 e. The van der Waals surface area contributed by atoms with Crippen molar-refractivity contribution in [3.05, 3.63) is 79.3 Å². The van der Waals surface area contributed by atoms with Gasteiger partial charge < -0.3 is 0 Å². The first-order chi connectivity index (χ1) is 12.8. The zero-order chi connectivity index (χ0) is 19.5. The fourth-order valence-corrected chi connectivity index (χ4v) is 4.11. The number of nitro groups is 1. The van der Waals surface area contributed by atoms with Gasteiger partial charge in [0.1, 0.15) is 4.47 Å². The van der Waals surface area contributed by atoms with Crippen molar-refractivity contribution in [2.75, 3.05) is 4.90 Å². The van der Waals surface area contributed by atoms with E-state index in [4.69, 9.17) is 0 Å². The van der Waals surface area contributed by atoms with E-state index in [1.165, 1.54) is 6.07 Å². The highest BCUT2D eigenvalue weighted by atomic mass is 79.9. The first-order valence-electron chi connectivity index (χ1n) is 8.17. The Hall–Kier alpha value is -3.06. The molecule has 0 saturated carbocycles. The summed E-state index contributed by atoms with van der Waals surface area (Å²) in [5, 5.41) is 12.3. The number of nitro benzene ring substituents is 1. The van der Waals surface area contributed by atoms with E-state index in [0.717, 1.165) is 16.0 Å². The van der Waals surface area contributed by atoms with E-state index in [0.29, 0.717) is 22.0 Å². The molecule has 0 spiro atoms. The first-order valence-corrected chi connectivity index (χ1v) is 8.96. The Kier molecular flexibility index (Phi) is 3.85. The van der Waals surface area contributed by atoms with Crippen LogP contribution in [0.15, 0.2) is 46.9 Å². The van der Waals surface area contributed by atoms with E-state index >= 15 is 0 Å². The molecule has 1 aliphatic heterocycles. The topological polar surface area (TPSA) is 80.5 Å². The van der Waals surface area contributed by atoms with Crippen LogP contribution in [0.1, 0.15) is 31.8 Å². The van der Waals surface area contributed by atoms with Gasteiger partial charge in [0.2, 0.25) is 0 Å². The van der Waals surface area contributed by atoms with E-state index in [9.17, 15) is 19.7 Å². The quantitative estimate of drug-likeness (QED) is 0.331. The number of carbonyl (C=O) groups excluding carboxylic acids is 2. The molecule has 6 nitrogen and oxygen atoms in total. The third kappa shape index (κ3) is 2.46. The largest absolute Gasteiger partial charge is 0.284 e. The van der Waals surface area contributed by atoms with Crippen LogP contribution in [0.5, 0.6) is 0 Å². The maximum Gasteiger partial charge on any atom is 0.284 e. The Balaban J connectivity index is 2.05. The molecule has 0 unspecified atom stereocenters. The normalized spacial score (nSPS) is 13.4. The number of anilines is 1. The Morgan fingerprint density at radius 2 is 1.70 bits per heavy atom. The zero-order valence-electron chi connectivity index (χ0n) is 14.4. The number of nitrogens with zero attached hydrogens (tertiary/aromatic N) is 2. The molecule has 0 saturated heterocycles. The van der Waals surface area contributed by atoms with Crippen molar-refractivity contribution in [1.29, 1.82) is 0 Å². The minimum atomic E-state index is -0.564. The third-order valence-corrected chi connectivity index (χ3v) is 5.57. The monoisotopic (exact) mass is 424 g/mol. The Morgan fingerprint density at radius 1 is 1.00 bits per heavy atom. The number of halogens is 1. The van der Waals surface area contributed by atoms with Gasteiger partial charge in [0, 0.05) is 22.4 Å². The minimum Gasteiger partial charge on any atom is -0.268 e. The number of aryl methyl sites for hydroxylation is 2. The second kappa shape index (κ2) is 5.99. The van der Waals surface area contributed by atoms with Crippen LogP contribution in [0.3, 0.4) is 0 Å². The van der Waals surface area contributed by atoms with Crippen LogP contribution in [0.25, 0.3) is 10.8 Å². The molecule has 0 aromatic heterocycles. The molecule has 3 aromatic carbocycles. The molecule has 134 valence electrons. The van der Waals surface area contributed by atoms with Gasteiger partial charge in [0.05, 0.1) is 16.2 Å². The van der Waals surface area contributed by atoms with Gasteiger partial charge in [-0.05, 0) is 47.5 Å². The van der Waals surface area contributed by atoms with Crippen molar-refractivity contribution >= 4 is 49.9 Å². The fourth-order valence-electron chi connectivity index (χ4n) is 3.52. The molecule has 1 aliphatic rings. The minimum absolute atomic E-state index is 0.148. The van der Waals surface area contributed by atoms with E-state index in [1.807, 2.05) is 26.0 Å². The van der Waals surface area contributed by atoms with Crippen LogP contribution < -0.4 is 4.90 Å². The van der Waals surface area contributed by atoms with Gasteiger partial charge in [-0.15, -0.1) is 0 Å². The van der Waals surface area contributed by atoms with Gasteiger partial charge >= 0.3 is 0 Å². The van der Waals surface area contributed by atoms with Crippen molar-refractivity contribution in [3.8, 4) is 0 Å². The van der Waals surface area contributed by atoms with Crippen molar-refractivity contribution < 1.29 is 14.5 Å². The number of amides is 2. The Morgan fingerprint density at radius 3 is 2.37 bits per heavy atom. The summed E-state index contributed by atoms with van der Waals surface area (Å²) in [5.41, 5.74) is 2.55. The highest BCUT2D eigenvalue weighted by Crippen LogP contribution is 2.41. The summed E-state index contributed by atoms with van der Waals surface area (Å²) in [4.78, 5) is 38.3. The summed E-state index contributed by atoms with van der Waals surface area (Å²) < 4.78 is 0.258. The van der Waals surface area contributed by atoms with Crippen LogP contribution >= 0.6 is 15.9 Å². The Bertz CT molecular complexity index is 1190. The molecule has 27 heavy (non-hydrogen) atoms. The van der Waals surface area contributed by atoms with Gasteiger partial charge in [0.15, 0.2) is 0 Å². The summed E-state index contributed by atoms with van der Waals surface area (Å²) in [6, 6.07) is 11.6. The number of carbonyl (C=O) groups is 2. The molecule has 7 heteroatoms. The number of benzene rings is 3. The summed E-state index contributed by atoms with van der Waals surface area (Å²) in [7, 11) is 0. The first kappa shape index (κ1) is 17.4. The SMILES string of the molecule is Cc1ccc(N2C(=O)c3cccc4c(Br)c([N+](=O)[O-])cc(c34)C2=O)c(C)c1. The molecular formula is C20H13BrN2O4. The predicted octanol–water partition coefficient (Wildman–Crippen LogP) is 4.93. The summed E-state index contributed by atoms with van der Waals surface area (Å²) in [6.07, 6.45) is 0. The van der Waals surface area contributed by atoms with Crippen LogP contribution in [-0.4, -0.2) is 16.7 Å².